The van der Waals surface area contributed by atoms with Gasteiger partial charge in [-0.25, -0.2) is 5.06 Å². The van der Waals surface area contributed by atoms with Crippen LogP contribution in [0.15, 0.2) is 35.3 Å². The maximum atomic E-state index is 11.3. The Kier molecular flexibility index (Phi) is 4.10. The lowest BCUT2D eigenvalue weighted by Crippen LogP contribution is -2.35. The quantitative estimate of drug-likeness (QED) is 0.818. The van der Waals surface area contributed by atoms with E-state index >= 15 is 0 Å². The molecule has 96 valence electrons. The molecule has 18 heavy (non-hydrogen) atoms. The fraction of sp³-hybridized carbons (Fsp3) is 0.429. The fourth-order valence-electron chi connectivity index (χ4n) is 1.80. The van der Waals surface area contributed by atoms with Gasteiger partial charge in [0.05, 0.1) is 6.61 Å². The first kappa shape index (κ1) is 12.8. The van der Waals surface area contributed by atoms with Gasteiger partial charge in [0.15, 0.2) is 11.6 Å². The largest absolute Gasteiger partial charge is 0.298 e. The summed E-state index contributed by atoms with van der Waals surface area (Å²) in [4.78, 5) is 21.6. The number of nitrogens with zero attached hydrogens (tertiary/aromatic N) is 2. The van der Waals surface area contributed by atoms with E-state index in [1.807, 2.05) is 30.3 Å². The molecule has 4 nitrogen and oxygen atoms in total. The van der Waals surface area contributed by atoms with Crippen molar-refractivity contribution in [1.82, 2.24) is 5.06 Å². The van der Waals surface area contributed by atoms with Crippen molar-refractivity contribution >= 4 is 11.6 Å². The van der Waals surface area contributed by atoms with Crippen molar-refractivity contribution in [3.05, 3.63) is 35.9 Å². The molecular weight excluding hydrogens is 228 g/mol. The topological polar surface area (TPSA) is 41.9 Å². The second-order valence-electron chi connectivity index (χ2n) is 4.67. The van der Waals surface area contributed by atoms with Crippen LogP contribution in [0, 0.1) is 5.92 Å². The van der Waals surface area contributed by atoms with Crippen LogP contribution in [0.2, 0.25) is 0 Å². The Morgan fingerprint density at radius 2 is 2.17 bits per heavy atom. The Morgan fingerprint density at radius 1 is 1.44 bits per heavy atom. The molecular formula is C14H18N2O2. The van der Waals surface area contributed by atoms with Crippen LogP contribution in [0.25, 0.3) is 0 Å². The summed E-state index contributed by atoms with van der Waals surface area (Å²) >= 11 is 0. The van der Waals surface area contributed by atoms with Gasteiger partial charge in [-0.2, -0.15) is 0 Å². The van der Waals surface area contributed by atoms with Gasteiger partial charge >= 0.3 is 0 Å². The smallest absolute Gasteiger partial charge is 0.155 e. The Bertz CT molecular complexity index is 442. The van der Waals surface area contributed by atoms with E-state index in [-0.39, 0.29) is 12.3 Å². The maximum absolute atomic E-state index is 11.3. The van der Waals surface area contributed by atoms with Crippen LogP contribution in [0.3, 0.4) is 0 Å². The predicted octanol–water partition coefficient (Wildman–Crippen LogP) is 1.91. The minimum absolute atomic E-state index is 0.0631. The van der Waals surface area contributed by atoms with Crippen molar-refractivity contribution in [3.8, 4) is 0 Å². The molecule has 0 saturated carbocycles. The first-order valence-corrected chi connectivity index (χ1v) is 6.16. The molecule has 1 aromatic carbocycles. The Balaban J connectivity index is 2.28. The third-order valence-corrected chi connectivity index (χ3v) is 2.70. The number of amidine groups is 1. The van der Waals surface area contributed by atoms with Gasteiger partial charge in [0, 0.05) is 18.0 Å². The molecule has 1 aliphatic heterocycles. The number of hydrogen-bond acceptors (Lipinski definition) is 4. The number of ketones is 1. The van der Waals surface area contributed by atoms with Crippen molar-refractivity contribution in [1.29, 1.82) is 0 Å². The summed E-state index contributed by atoms with van der Waals surface area (Å²) in [6.07, 6.45) is 0. The molecule has 4 heteroatoms. The summed E-state index contributed by atoms with van der Waals surface area (Å²) in [6.45, 7) is 5.19. The van der Waals surface area contributed by atoms with Gasteiger partial charge in [0.2, 0.25) is 0 Å². The van der Waals surface area contributed by atoms with Crippen LogP contribution in [-0.4, -0.2) is 36.4 Å². The lowest BCUT2D eigenvalue weighted by Gasteiger charge is -2.22. The molecule has 1 aliphatic rings. The number of rotatable bonds is 3. The van der Waals surface area contributed by atoms with Crippen molar-refractivity contribution in [2.24, 2.45) is 10.9 Å². The third kappa shape index (κ3) is 3.17. The number of carbonyl (C=O) groups excluding carboxylic acids is 1. The number of Topliss-reactive ketones (excluding diaryl/α,β-unsaturated/α-hetero) is 1. The third-order valence-electron chi connectivity index (χ3n) is 2.70. The van der Waals surface area contributed by atoms with Crippen molar-refractivity contribution in [2.45, 2.75) is 13.8 Å². The number of benzene rings is 1. The molecule has 0 N–H and O–H groups in total. The van der Waals surface area contributed by atoms with Gasteiger partial charge in [0.1, 0.15) is 6.54 Å². The van der Waals surface area contributed by atoms with Crippen molar-refractivity contribution in [2.75, 3.05) is 19.7 Å². The van der Waals surface area contributed by atoms with Crippen LogP contribution in [0.4, 0.5) is 0 Å². The summed E-state index contributed by atoms with van der Waals surface area (Å²) in [7, 11) is 0. The van der Waals surface area contributed by atoms with Gasteiger partial charge in [-0.3, -0.25) is 14.6 Å². The summed E-state index contributed by atoms with van der Waals surface area (Å²) in [5, 5.41) is 1.61. The van der Waals surface area contributed by atoms with E-state index < -0.39 is 0 Å². The van der Waals surface area contributed by atoms with Crippen LogP contribution >= 0.6 is 0 Å². The Hall–Kier alpha value is -1.68. The lowest BCUT2D eigenvalue weighted by molar-refractivity contribution is -0.135. The second-order valence-corrected chi connectivity index (χ2v) is 4.67. The minimum atomic E-state index is 0.0631. The van der Waals surface area contributed by atoms with Crippen molar-refractivity contribution < 1.29 is 9.63 Å². The molecule has 1 unspecified atom stereocenters. The Labute approximate surface area is 107 Å². The lowest BCUT2D eigenvalue weighted by atomic mass is 10.2. The van der Waals surface area contributed by atoms with Gasteiger partial charge in [-0.15, -0.1) is 0 Å². The average Bonchev–Trinajstić information content (AvgIpc) is 2.53. The van der Waals surface area contributed by atoms with Gasteiger partial charge in [-0.1, -0.05) is 37.3 Å². The summed E-state index contributed by atoms with van der Waals surface area (Å²) in [6, 6.07) is 9.83. The zero-order valence-corrected chi connectivity index (χ0v) is 10.8. The molecule has 1 heterocycles. The molecule has 1 atom stereocenters. The van der Waals surface area contributed by atoms with Crippen molar-refractivity contribution in [3.63, 3.8) is 0 Å². The van der Waals surface area contributed by atoms with Crippen LogP contribution in [0.5, 0.6) is 0 Å². The molecule has 0 fully saturated rings. The predicted molar refractivity (Wildman–Crippen MR) is 70.3 cm³/mol. The van der Waals surface area contributed by atoms with E-state index in [1.54, 1.807) is 12.0 Å². The van der Waals surface area contributed by atoms with Gasteiger partial charge in [0.25, 0.3) is 0 Å². The molecule has 0 bridgehead atoms. The highest BCUT2D eigenvalue weighted by atomic mass is 16.7. The van der Waals surface area contributed by atoms with E-state index in [9.17, 15) is 4.79 Å². The molecule has 0 aliphatic carbocycles. The van der Waals surface area contributed by atoms with Crippen LogP contribution in [-0.2, 0) is 9.63 Å². The number of hydroxylamine groups is 2. The Morgan fingerprint density at radius 3 is 2.83 bits per heavy atom. The molecule has 0 amide bonds. The number of hydrogen-bond donors (Lipinski definition) is 0. The van der Waals surface area contributed by atoms with Gasteiger partial charge < -0.3 is 0 Å². The standard InChI is InChI=1S/C14H18N2O2/c1-11-8-15-14(13-6-4-3-5-7-13)16(18-10-11)9-12(2)17/h3-7,11H,8-10H2,1-2H3. The summed E-state index contributed by atoms with van der Waals surface area (Å²) in [5.74, 6) is 1.17. The van der Waals surface area contributed by atoms with E-state index in [1.165, 1.54) is 0 Å². The molecule has 0 radical (unpaired) electrons. The molecule has 0 aromatic heterocycles. The van der Waals surface area contributed by atoms with Crippen LogP contribution in [0.1, 0.15) is 19.4 Å². The highest BCUT2D eigenvalue weighted by molar-refractivity contribution is 5.99. The molecule has 0 spiro atoms. The van der Waals surface area contributed by atoms with E-state index in [2.05, 4.69) is 11.9 Å². The second kappa shape index (κ2) is 5.78. The summed E-state index contributed by atoms with van der Waals surface area (Å²) in [5.41, 5.74) is 0.979. The highest BCUT2D eigenvalue weighted by Crippen LogP contribution is 2.13. The maximum Gasteiger partial charge on any atom is 0.155 e. The normalized spacial score (nSPS) is 20.2. The monoisotopic (exact) mass is 246 g/mol. The zero-order valence-electron chi connectivity index (χ0n) is 10.8. The van der Waals surface area contributed by atoms with Crippen LogP contribution < -0.4 is 0 Å². The fourth-order valence-corrected chi connectivity index (χ4v) is 1.80. The SMILES string of the molecule is CC(=O)CN1OCC(C)CN=C1c1ccccc1. The highest BCUT2D eigenvalue weighted by Gasteiger charge is 2.20. The average molecular weight is 246 g/mol. The number of aliphatic imine (C=N–C) groups is 1. The molecule has 1 aromatic rings. The van der Waals surface area contributed by atoms with E-state index in [0.29, 0.717) is 12.5 Å². The minimum Gasteiger partial charge on any atom is -0.298 e. The molecule has 0 saturated heterocycles. The van der Waals surface area contributed by atoms with E-state index in [4.69, 9.17) is 4.84 Å². The zero-order chi connectivity index (χ0) is 13.0. The first-order chi connectivity index (χ1) is 8.66. The summed E-state index contributed by atoms with van der Waals surface area (Å²) < 4.78 is 0. The van der Waals surface area contributed by atoms with E-state index in [0.717, 1.165) is 17.9 Å². The first-order valence-electron chi connectivity index (χ1n) is 6.16. The van der Waals surface area contributed by atoms with Gasteiger partial charge in [-0.05, 0) is 6.92 Å². The molecule has 2 rings (SSSR count). The number of carbonyl (C=O) groups is 1.